The molecule has 0 unspecified atom stereocenters. The highest BCUT2D eigenvalue weighted by atomic mass is 16.1. The summed E-state index contributed by atoms with van der Waals surface area (Å²) in [4.78, 5) is 13.4. The molecule has 2 heteroatoms. The van der Waals surface area contributed by atoms with Crippen LogP contribution < -0.4 is 0 Å². The Hall–Kier alpha value is -1.40. The van der Waals surface area contributed by atoms with Crippen LogP contribution in [-0.4, -0.2) is 6.08 Å². The first-order valence-corrected chi connectivity index (χ1v) is 3.47. The molecule has 0 fully saturated rings. The normalized spacial score (nSPS) is 21.9. The molecule has 0 bridgehead atoms. The van der Waals surface area contributed by atoms with Gasteiger partial charge in [0.25, 0.3) is 0 Å². The van der Waals surface area contributed by atoms with E-state index in [2.05, 4.69) is 4.99 Å². The molecule has 11 heavy (non-hydrogen) atoms. The second-order valence-electron chi connectivity index (χ2n) is 2.40. The Balaban J connectivity index is 2.87. The quantitative estimate of drug-likeness (QED) is 0.412. The second-order valence-corrected chi connectivity index (χ2v) is 2.40. The zero-order valence-corrected chi connectivity index (χ0v) is 6.32. The molecular weight excluding hydrogens is 138 g/mol. The molecule has 0 saturated heterocycles. The van der Waals surface area contributed by atoms with Crippen molar-refractivity contribution in [2.24, 2.45) is 10.9 Å². The Morgan fingerprint density at radius 2 is 2.36 bits per heavy atom. The van der Waals surface area contributed by atoms with E-state index >= 15 is 0 Å². The standard InChI is InChI=1S/C9H9NO/c1-8-4-2-3-5-9(6-8)10-7-11/h2-6,8H,1H3/t8-/m0/s1. The summed E-state index contributed by atoms with van der Waals surface area (Å²) in [7, 11) is 0. The molecule has 0 heterocycles. The van der Waals surface area contributed by atoms with E-state index in [9.17, 15) is 4.79 Å². The van der Waals surface area contributed by atoms with Crippen LogP contribution in [0.4, 0.5) is 0 Å². The van der Waals surface area contributed by atoms with Gasteiger partial charge in [-0.25, -0.2) is 4.79 Å². The third kappa shape index (κ3) is 2.36. The average Bonchev–Trinajstić information content (AvgIpc) is 2.15. The summed E-state index contributed by atoms with van der Waals surface area (Å²) in [6, 6.07) is 0. The molecule has 0 spiro atoms. The maximum atomic E-state index is 9.91. The van der Waals surface area contributed by atoms with E-state index < -0.39 is 0 Å². The Bertz CT molecular complexity index is 267. The van der Waals surface area contributed by atoms with Crippen molar-refractivity contribution in [2.45, 2.75) is 6.92 Å². The molecule has 0 N–H and O–H groups in total. The Morgan fingerprint density at radius 3 is 3.09 bits per heavy atom. The van der Waals surface area contributed by atoms with Crippen LogP contribution in [0.15, 0.2) is 41.1 Å². The van der Waals surface area contributed by atoms with Crippen molar-refractivity contribution in [2.75, 3.05) is 0 Å². The first kappa shape index (κ1) is 7.70. The summed E-state index contributed by atoms with van der Waals surface area (Å²) < 4.78 is 0. The fourth-order valence-corrected chi connectivity index (χ4v) is 0.901. The molecule has 1 aliphatic carbocycles. The van der Waals surface area contributed by atoms with E-state index in [0.29, 0.717) is 11.6 Å². The number of aliphatic imine (C=N–C) groups is 1. The fourth-order valence-electron chi connectivity index (χ4n) is 0.901. The van der Waals surface area contributed by atoms with Crippen molar-refractivity contribution in [1.82, 2.24) is 0 Å². The van der Waals surface area contributed by atoms with E-state index in [-0.39, 0.29) is 0 Å². The largest absolute Gasteiger partial charge is 0.240 e. The van der Waals surface area contributed by atoms with Gasteiger partial charge in [0.2, 0.25) is 6.08 Å². The average molecular weight is 147 g/mol. The van der Waals surface area contributed by atoms with Gasteiger partial charge in [0.05, 0.1) is 5.70 Å². The first-order chi connectivity index (χ1) is 5.33. The van der Waals surface area contributed by atoms with Crippen molar-refractivity contribution < 1.29 is 4.79 Å². The van der Waals surface area contributed by atoms with E-state index in [1.165, 1.54) is 6.08 Å². The lowest BCUT2D eigenvalue weighted by molar-refractivity contribution is 0.565. The predicted molar refractivity (Wildman–Crippen MR) is 43.6 cm³/mol. The van der Waals surface area contributed by atoms with Crippen LogP contribution in [0, 0.1) is 5.92 Å². The van der Waals surface area contributed by atoms with Crippen molar-refractivity contribution in [3.63, 3.8) is 0 Å². The number of allylic oxidation sites excluding steroid dienone is 5. The van der Waals surface area contributed by atoms with Crippen LogP contribution in [0.2, 0.25) is 0 Å². The minimum atomic E-state index is 0.331. The summed E-state index contributed by atoms with van der Waals surface area (Å²) >= 11 is 0. The van der Waals surface area contributed by atoms with Gasteiger partial charge in [0.1, 0.15) is 0 Å². The smallest absolute Gasteiger partial charge is 0.211 e. The van der Waals surface area contributed by atoms with E-state index in [0.717, 1.165) is 0 Å². The highest BCUT2D eigenvalue weighted by Crippen LogP contribution is 2.10. The minimum Gasteiger partial charge on any atom is -0.211 e. The van der Waals surface area contributed by atoms with Gasteiger partial charge in [-0.05, 0) is 12.0 Å². The van der Waals surface area contributed by atoms with Gasteiger partial charge in [-0.15, -0.1) is 0 Å². The lowest BCUT2D eigenvalue weighted by atomic mass is 10.1. The minimum absolute atomic E-state index is 0.331. The molecule has 56 valence electrons. The number of carbonyl (C=O) groups excluding carboxylic acids is 1. The number of hydrogen-bond acceptors (Lipinski definition) is 2. The van der Waals surface area contributed by atoms with Gasteiger partial charge in [-0.1, -0.05) is 31.2 Å². The van der Waals surface area contributed by atoms with Crippen LogP contribution in [0.5, 0.6) is 0 Å². The highest BCUT2D eigenvalue weighted by molar-refractivity contribution is 5.41. The summed E-state index contributed by atoms with van der Waals surface area (Å²) in [5.41, 5.74) is 0.678. The van der Waals surface area contributed by atoms with Crippen LogP contribution in [0.25, 0.3) is 0 Å². The topological polar surface area (TPSA) is 29.4 Å². The molecule has 0 aromatic heterocycles. The lowest BCUT2D eigenvalue weighted by Crippen LogP contribution is -1.82. The molecule has 0 saturated carbocycles. The van der Waals surface area contributed by atoms with Crippen molar-refractivity contribution in [3.05, 3.63) is 36.1 Å². The molecular formula is C9H9NO. The van der Waals surface area contributed by atoms with Crippen LogP contribution in [0.3, 0.4) is 0 Å². The summed E-state index contributed by atoms with van der Waals surface area (Å²) in [6.07, 6.45) is 11.0. The fraction of sp³-hybridized carbons (Fsp3) is 0.222. The van der Waals surface area contributed by atoms with Crippen LogP contribution in [-0.2, 0) is 4.79 Å². The van der Waals surface area contributed by atoms with Crippen LogP contribution >= 0.6 is 0 Å². The molecule has 1 aliphatic rings. The predicted octanol–water partition coefficient (Wildman–Crippen LogP) is 1.97. The summed E-state index contributed by atoms with van der Waals surface area (Å²) in [5.74, 6) is 0.331. The van der Waals surface area contributed by atoms with E-state index in [1.54, 1.807) is 6.08 Å². The second kappa shape index (κ2) is 3.69. The Kier molecular flexibility index (Phi) is 2.59. The molecule has 0 aromatic rings. The molecule has 2 nitrogen and oxygen atoms in total. The van der Waals surface area contributed by atoms with Gasteiger partial charge in [0, 0.05) is 0 Å². The highest BCUT2D eigenvalue weighted by Gasteiger charge is 1.96. The molecule has 0 amide bonds. The molecule has 1 atom stereocenters. The number of isocyanates is 1. The molecule has 0 aliphatic heterocycles. The number of hydrogen-bond donors (Lipinski definition) is 0. The van der Waals surface area contributed by atoms with E-state index in [1.807, 2.05) is 31.2 Å². The Morgan fingerprint density at radius 1 is 1.55 bits per heavy atom. The first-order valence-electron chi connectivity index (χ1n) is 3.47. The third-order valence-corrected chi connectivity index (χ3v) is 1.40. The van der Waals surface area contributed by atoms with Gasteiger partial charge in [-0.2, -0.15) is 4.99 Å². The zero-order chi connectivity index (χ0) is 8.10. The molecule has 1 rings (SSSR count). The van der Waals surface area contributed by atoms with Crippen molar-refractivity contribution in [3.8, 4) is 0 Å². The SMILES string of the molecule is C[C@H]1C=CC=CC(N=C=O)=C1. The summed E-state index contributed by atoms with van der Waals surface area (Å²) in [6.45, 7) is 2.03. The van der Waals surface area contributed by atoms with Crippen LogP contribution in [0.1, 0.15) is 6.92 Å². The lowest BCUT2D eigenvalue weighted by Gasteiger charge is -1.94. The van der Waals surface area contributed by atoms with Gasteiger partial charge < -0.3 is 0 Å². The monoisotopic (exact) mass is 147 g/mol. The van der Waals surface area contributed by atoms with Gasteiger partial charge in [-0.3, -0.25) is 0 Å². The van der Waals surface area contributed by atoms with Crippen molar-refractivity contribution in [1.29, 1.82) is 0 Å². The Labute approximate surface area is 65.6 Å². The third-order valence-electron chi connectivity index (χ3n) is 1.40. The zero-order valence-electron chi connectivity index (χ0n) is 6.32. The number of nitrogens with zero attached hydrogens (tertiary/aromatic N) is 1. The van der Waals surface area contributed by atoms with Gasteiger partial charge >= 0.3 is 0 Å². The van der Waals surface area contributed by atoms with E-state index in [4.69, 9.17) is 0 Å². The van der Waals surface area contributed by atoms with Gasteiger partial charge in [0.15, 0.2) is 0 Å². The molecule has 0 aromatic carbocycles. The summed E-state index contributed by atoms with van der Waals surface area (Å²) in [5, 5.41) is 0. The maximum absolute atomic E-state index is 9.91. The molecule has 0 radical (unpaired) electrons. The number of rotatable bonds is 1. The maximum Gasteiger partial charge on any atom is 0.240 e. The van der Waals surface area contributed by atoms with Crippen molar-refractivity contribution >= 4 is 6.08 Å².